The molecule has 0 bridgehead atoms. The maximum Gasteiger partial charge on any atom is 0.164 e. The van der Waals surface area contributed by atoms with Gasteiger partial charge in [-0.1, -0.05) is 13.8 Å². The molecule has 11 heavy (non-hydrogen) atoms. The molecule has 0 aromatic heterocycles. The van der Waals surface area contributed by atoms with Crippen molar-refractivity contribution in [1.29, 1.82) is 0 Å². The molecule has 0 radical (unpaired) electrons. The molecule has 0 aliphatic carbocycles. The third-order valence-corrected chi connectivity index (χ3v) is 1.84. The highest BCUT2D eigenvalue weighted by atomic mass is 32.1. The first-order chi connectivity index (χ1) is 5.11. The Morgan fingerprint density at radius 1 is 1.64 bits per heavy atom. The van der Waals surface area contributed by atoms with Gasteiger partial charge in [0.25, 0.3) is 0 Å². The molecular weight excluding hydrogens is 158 g/mol. The molecule has 66 valence electrons. The Kier molecular flexibility index (Phi) is 5.15. The van der Waals surface area contributed by atoms with Gasteiger partial charge in [0.1, 0.15) is 0 Å². The second kappa shape index (κ2) is 5.32. The molecule has 0 aliphatic heterocycles. The van der Waals surface area contributed by atoms with Crippen LogP contribution < -0.4 is 11.1 Å². The zero-order valence-corrected chi connectivity index (χ0v) is 8.24. The van der Waals surface area contributed by atoms with Crippen molar-refractivity contribution in [3.63, 3.8) is 0 Å². The van der Waals surface area contributed by atoms with E-state index in [-0.39, 0.29) is 6.17 Å². The van der Waals surface area contributed by atoms with Crippen molar-refractivity contribution in [2.45, 2.75) is 26.4 Å². The molecule has 4 heteroatoms. The fourth-order valence-corrected chi connectivity index (χ4v) is 1.04. The molecule has 3 nitrogen and oxygen atoms in total. The zero-order chi connectivity index (χ0) is 8.85. The number of hydrogen-bond acceptors (Lipinski definition) is 2. The predicted octanol–water partition coefficient (Wildman–Crippen LogP) is 0.507. The van der Waals surface area contributed by atoms with E-state index >= 15 is 0 Å². The van der Waals surface area contributed by atoms with Gasteiger partial charge in [-0.05, 0) is 32.2 Å². The second-order valence-electron chi connectivity index (χ2n) is 2.51. The molecule has 1 unspecified atom stereocenters. The summed E-state index contributed by atoms with van der Waals surface area (Å²) in [7, 11) is 2.04. The fourth-order valence-electron chi connectivity index (χ4n) is 0.909. The number of rotatable bonds is 4. The van der Waals surface area contributed by atoms with E-state index in [1.165, 1.54) is 0 Å². The molecule has 0 amide bonds. The number of nitrogens with zero attached hydrogens (tertiary/aromatic N) is 1. The van der Waals surface area contributed by atoms with E-state index in [1.54, 1.807) is 0 Å². The molecule has 0 aromatic rings. The average Bonchev–Trinajstić information content (AvgIpc) is 1.98. The Morgan fingerprint density at radius 3 is 2.45 bits per heavy atom. The van der Waals surface area contributed by atoms with Crippen LogP contribution in [0.2, 0.25) is 0 Å². The van der Waals surface area contributed by atoms with Crippen molar-refractivity contribution in [3.8, 4) is 0 Å². The molecular formula is C7H17N3S. The maximum absolute atomic E-state index is 5.36. The number of nitrogens with one attached hydrogen (secondary N) is 1. The van der Waals surface area contributed by atoms with Gasteiger partial charge < -0.3 is 11.1 Å². The van der Waals surface area contributed by atoms with Gasteiger partial charge in [-0.2, -0.15) is 0 Å². The predicted molar refractivity (Wildman–Crippen MR) is 52.3 cm³/mol. The van der Waals surface area contributed by atoms with Crippen LogP contribution in [-0.2, 0) is 0 Å². The van der Waals surface area contributed by atoms with E-state index < -0.39 is 0 Å². The second-order valence-corrected chi connectivity index (χ2v) is 2.95. The van der Waals surface area contributed by atoms with Gasteiger partial charge in [-0.15, -0.1) is 0 Å². The average molecular weight is 175 g/mol. The lowest BCUT2D eigenvalue weighted by molar-refractivity contribution is 0.232. The van der Waals surface area contributed by atoms with E-state index in [4.69, 9.17) is 18.0 Å². The molecule has 0 heterocycles. The summed E-state index contributed by atoms with van der Waals surface area (Å²) in [6, 6.07) is 0. The Morgan fingerprint density at radius 2 is 2.18 bits per heavy atom. The molecule has 0 spiro atoms. The smallest absolute Gasteiger partial charge is 0.164 e. The first-order valence-corrected chi connectivity index (χ1v) is 4.28. The van der Waals surface area contributed by atoms with Crippen LogP contribution in [0.1, 0.15) is 20.3 Å². The molecule has 0 fully saturated rings. The van der Waals surface area contributed by atoms with Crippen molar-refractivity contribution in [3.05, 3.63) is 0 Å². The van der Waals surface area contributed by atoms with Crippen LogP contribution in [0.15, 0.2) is 0 Å². The van der Waals surface area contributed by atoms with Crippen LogP contribution in [0, 0.1) is 0 Å². The van der Waals surface area contributed by atoms with Gasteiger partial charge >= 0.3 is 0 Å². The fraction of sp³-hybridized carbons (Fsp3) is 0.857. The molecule has 0 aliphatic rings. The Labute approximate surface area is 73.9 Å². The van der Waals surface area contributed by atoms with Gasteiger partial charge in [-0.25, -0.2) is 0 Å². The van der Waals surface area contributed by atoms with Crippen molar-refractivity contribution >= 4 is 17.3 Å². The summed E-state index contributed by atoms with van der Waals surface area (Å²) < 4.78 is 0. The van der Waals surface area contributed by atoms with Crippen molar-refractivity contribution < 1.29 is 0 Å². The summed E-state index contributed by atoms with van der Waals surface area (Å²) in [6.45, 7) is 5.19. The summed E-state index contributed by atoms with van der Waals surface area (Å²) in [5.41, 5.74) is 5.36. The van der Waals surface area contributed by atoms with Gasteiger partial charge in [0, 0.05) is 0 Å². The normalized spacial score (nSPS) is 13.1. The SMILES string of the molecule is CCC(NC(N)=S)N(C)CC. The number of nitrogens with two attached hydrogens (primary N) is 1. The highest BCUT2D eigenvalue weighted by molar-refractivity contribution is 7.80. The van der Waals surface area contributed by atoms with Gasteiger partial charge in [0.15, 0.2) is 5.11 Å². The lowest BCUT2D eigenvalue weighted by Crippen LogP contribution is -2.47. The van der Waals surface area contributed by atoms with Crippen molar-refractivity contribution in [2.75, 3.05) is 13.6 Å². The summed E-state index contributed by atoms with van der Waals surface area (Å²) in [5, 5.41) is 3.39. The minimum absolute atomic E-state index is 0.275. The lowest BCUT2D eigenvalue weighted by atomic mass is 10.3. The minimum atomic E-state index is 0.275. The van der Waals surface area contributed by atoms with Crippen LogP contribution in [0.5, 0.6) is 0 Å². The summed E-state index contributed by atoms with van der Waals surface area (Å²) in [5.74, 6) is 0. The summed E-state index contributed by atoms with van der Waals surface area (Å²) >= 11 is 4.75. The minimum Gasteiger partial charge on any atom is -0.376 e. The highest BCUT2D eigenvalue weighted by Crippen LogP contribution is 1.95. The number of thiocarbonyl (C=S) groups is 1. The van der Waals surface area contributed by atoms with Crippen LogP contribution >= 0.6 is 12.2 Å². The Bertz CT molecular complexity index is 127. The molecule has 3 N–H and O–H groups in total. The summed E-state index contributed by atoms with van der Waals surface area (Å²) in [4.78, 5) is 2.17. The molecule has 1 atom stereocenters. The standard InChI is InChI=1S/C7H17N3S/c1-4-6(9-7(8)11)10(3)5-2/h6H,4-5H2,1-3H3,(H3,8,9,11). The maximum atomic E-state index is 5.36. The monoisotopic (exact) mass is 175 g/mol. The first kappa shape index (κ1) is 10.7. The Balaban J connectivity index is 3.84. The van der Waals surface area contributed by atoms with Crippen LogP contribution in [0.4, 0.5) is 0 Å². The van der Waals surface area contributed by atoms with Crippen LogP contribution in [0.3, 0.4) is 0 Å². The van der Waals surface area contributed by atoms with Crippen LogP contribution in [0.25, 0.3) is 0 Å². The van der Waals surface area contributed by atoms with E-state index in [0.29, 0.717) is 5.11 Å². The first-order valence-electron chi connectivity index (χ1n) is 3.88. The summed E-state index contributed by atoms with van der Waals surface area (Å²) in [6.07, 6.45) is 1.28. The third kappa shape index (κ3) is 4.16. The van der Waals surface area contributed by atoms with Crippen molar-refractivity contribution in [1.82, 2.24) is 10.2 Å². The van der Waals surface area contributed by atoms with E-state index in [2.05, 4.69) is 24.1 Å². The third-order valence-electron chi connectivity index (χ3n) is 1.73. The molecule has 0 saturated heterocycles. The van der Waals surface area contributed by atoms with Gasteiger partial charge in [-0.3, -0.25) is 4.90 Å². The topological polar surface area (TPSA) is 41.3 Å². The van der Waals surface area contributed by atoms with Gasteiger partial charge in [0.05, 0.1) is 6.17 Å². The zero-order valence-electron chi connectivity index (χ0n) is 7.42. The largest absolute Gasteiger partial charge is 0.376 e. The Hall–Kier alpha value is -0.350. The number of hydrogen-bond donors (Lipinski definition) is 2. The van der Waals surface area contributed by atoms with E-state index in [0.717, 1.165) is 13.0 Å². The quantitative estimate of drug-likeness (QED) is 0.482. The van der Waals surface area contributed by atoms with E-state index in [9.17, 15) is 0 Å². The van der Waals surface area contributed by atoms with Crippen LogP contribution in [-0.4, -0.2) is 29.8 Å². The molecule has 0 saturated carbocycles. The van der Waals surface area contributed by atoms with Gasteiger partial charge in [0.2, 0.25) is 0 Å². The molecule has 0 rings (SSSR count). The highest BCUT2D eigenvalue weighted by Gasteiger charge is 2.09. The lowest BCUT2D eigenvalue weighted by Gasteiger charge is -2.26. The van der Waals surface area contributed by atoms with Crippen molar-refractivity contribution in [2.24, 2.45) is 5.73 Å². The molecule has 0 aromatic carbocycles. The van der Waals surface area contributed by atoms with E-state index in [1.807, 2.05) is 7.05 Å².